The molecule has 0 spiro atoms. The summed E-state index contributed by atoms with van der Waals surface area (Å²) >= 11 is 5.80. The fourth-order valence-electron chi connectivity index (χ4n) is 2.67. The summed E-state index contributed by atoms with van der Waals surface area (Å²) in [5, 5.41) is 15.8. The van der Waals surface area contributed by atoms with E-state index in [2.05, 4.69) is 10.6 Å². The summed E-state index contributed by atoms with van der Waals surface area (Å²) < 4.78 is 5.42. The van der Waals surface area contributed by atoms with Gasteiger partial charge in [0.15, 0.2) is 0 Å². The first-order valence-electron chi connectivity index (χ1n) is 8.27. The van der Waals surface area contributed by atoms with Crippen LogP contribution in [0.25, 0.3) is 0 Å². The van der Waals surface area contributed by atoms with Gasteiger partial charge in [-0.2, -0.15) is 0 Å². The van der Waals surface area contributed by atoms with Gasteiger partial charge in [-0.3, -0.25) is 9.59 Å². The Kier molecular flexibility index (Phi) is 5.75. The molecule has 6 nitrogen and oxygen atoms in total. The van der Waals surface area contributed by atoms with Crippen LogP contribution in [0.2, 0.25) is 5.02 Å². The molecule has 3 N–H and O–H groups in total. The second-order valence-corrected chi connectivity index (χ2v) is 6.44. The number of halogens is 1. The van der Waals surface area contributed by atoms with Crippen LogP contribution in [-0.2, 0) is 22.6 Å². The van der Waals surface area contributed by atoms with Gasteiger partial charge >= 0.3 is 11.8 Å². The SMILES string of the molecule is O=C(NCc1ccc(Cl)cc1)C(=O)NCC(O)c1ccc2c(c1)CCO2. The van der Waals surface area contributed by atoms with Gasteiger partial charge in [-0.1, -0.05) is 29.8 Å². The van der Waals surface area contributed by atoms with Crippen LogP contribution in [0.1, 0.15) is 22.8 Å². The molecule has 26 heavy (non-hydrogen) atoms. The van der Waals surface area contributed by atoms with Crippen LogP contribution in [0, 0.1) is 0 Å². The van der Waals surface area contributed by atoms with Crippen molar-refractivity contribution in [3.05, 3.63) is 64.2 Å². The van der Waals surface area contributed by atoms with Crippen LogP contribution in [0.15, 0.2) is 42.5 Å². The summed E-state index contributed by atoms with van der Waals surface area (Å²) in [5.41, 5.74) is 2.54. The van der Waals surface area contributed by atoms with E-state index in [1.807, 2.05) is 12.1 Å². The number of nitrogens with one attached hydrogen (secondary N) is 2. The first-order chi connectivity index (χ1) is 12.5. The highest BCUT2D eigenvalue weighted by Gasteiger charge is 2.18. The quantitative estimate of drug-likeness (QED) is 0.696. The Bertz CT molecular complexity index is 808. The third-order valence-electron chi connectivity index (χ3n) is 4.13. The molecule has 0 radical (unpaired) electrons. The topological polar surface area (TPSA) is 87.7 Å². The van der Waals surface area contributed by atoms with E-state index in [1.165, 1.54) is 0 Å². The summed E-state index contributed by atoms with van der Waals surface area (Å²) in [5.74, 6) is -0.719. The summed E-state index contributed by atoms with van der Waals surface area (Å²) in [6.07, 6.45) is -0.0936. The van der Waals surface area contributed by atoms with Crippen LogP contribution in [0.5, 0.6) is 5.75 Å². The molecular formula is C19H19ClN2O4. The van der Waals surface area contributed by atoms with Gasteiger partial charge in [0.05, 0.1) is 12.7 Å². The van der Waals surface area contributed by atoms with Gasteiger partial charge < -0.3 is 20.5 Å². The van der Waals surface area contributed by atoms with Gasteiger partial charge in [0.25, 0.3) is 0 Å². The van der Waals surface area contributed by atoms with E-state index in [1.54, 1.807) is 30.3 Å². The van der Waals surface area contributed by atoms with Gasteiger partial charge in [-0.25, -0.2) is 0 Å². The Morgan fingerprint density at radius 3 is 2.62 bits per heavy atom. The standard InChI is InChI=1S/C19H19ClN2O4/c20-15-4-1-12(2-5-15)10-21-18(24)19(25)22-11-16(23)13-3-6-17-14(9-13)7-8-26-17/h1-6,9,16,23H,7-8,10-11H2,(H,21,24)(H,22,25). The molecular weight excluding hydrogens is 356 g/mol. The molecule has 1 atom stereocenters. The predicted molar refractivity (Wildman–Crippen MR) is 96.9 cm³/mol. The number of benzene rings is 2. The van der Waals surface area contributed by atoms with Gasteiger partial charge in [0.1, 0.15) is 5.75 Å². The molecule has 2 aromatic rings. The number of ether oxygens (including phenoxy) is 1. The maximum absolute atomic E-state index is 11.9. The van der Waals surface area contributed by atoms with Gasteiger partial charge in [0, 0.05) is 24.5 Å². The van der Waals surface area contributed by atoms with Crippen molar-refractivity contribution in [2.45, 2.75) is 19.1 Å². The number of amides is 2. The summed E-state index contributed by atoms with van der Waals surface area (Å²) in [4.78, 5) is 23.7. The molecule has 0 aliphatic carbocycles. The van der Waals surface area contributed by atoms with Crippen LogP contribution in [0.3, 0.4) is 0 Å². The summed E-state index contributed by atoms with van der Waals surface area (Å²) in [6.45, 7) is 0.809. The van der Waals surface area contributed by atoms with Crippen molar-refractivity contribution in [1.82, 2.24) is 10.6 Å². The molecule has 136 valence electrons. The Morgan fingerprint density at radius 2 is 1.85 bits per heavy atom. The molecule has 1 aliphatic heterocycles. The molecule has 3 rings (SSSR count). The smallest absolute Gasteiger partial charge is 0.309 e. The molecule has 0 bridgehead atoms. The Morgan fingerprint density at radius 1 is 1.12 bits per heavy atom. The molecule has 0 saturated carbocycles. The van der Waals surface area contributed by atoms with Crippen LogP contribution >= 0.6 is 11.6 Å². The maximum Gasteiger partial charge on any atom is 0.309 e. The lowest BCUT2D eigenvalue weighted by molar-refractivity contribution is -0.139. The second-order valence-electron chi connectivity index (χ2n) is 6.00. The Balaban J connectivity index is 1.46. The fourth-order valence-corrected chi connectivity index (χ4v) is 2.79. The van der Waals surface area contributed by atoms with Crippen LogP contribution in [0.4, 0.5) is 0 Å². The lowest BCUT2D eigenvalue weighted by Gasteiger charge is -2.13. The minimum Gasteiger partial charge on any atom is -0.493 e. The van der Waals surface area contributed by atoms with E-state index in [-0.39, 0.29) is 13.1 Å². The van der Waals surface area contributed by atoms with Crippen molar-refractivity contribution < 1.29 is 19.4 Å². The van der Waals surface area contributed by atoms with Crippen molar-refractivity contribution in [3.63, 3.8) is 0 Å². The van der Waals surface area contributed by atoms with E-state index in [4.69, 9.17) is 16.3 Å². The zero-order valence-electron chi connectivity index (χ0n) is 14.0. The number of aliphatic hydroxyl groups is 1. The molecule has 1 aliphatic rings. The number of rotatable bonds is 5. The van der Waals surface area contributed by atoms with Crippen LogP contribution in [-0.4, -0.2) is 30.1 Å². The van der Waals surface area contributed by atoms with E-state index >= 15 is 0 Å². The molecule has 0 saturated heterocycles. The highest BCUT2D eigenvalue weighted by atomic mass is 35.5. The van der Waals surface area contributed by atoms with Crippen molar-refractivity contribution >= 4 is 23.4 Å². The van der Waals surface area contributed by atoms with E-state index < -0.39 is 17.9 Å². The fraction of sp³-hybridized carbons (Fsp3) is 0.263. The molecule has 0 aromatic heterocycles. The third kappa shape index (κ3) is 4.53. The van der Waals surface area contributed by atoms with Crippen LogP contribution < -0.4 is 15.4 Å². The predicted octanol–water partition coefficient (Wildman–Crippen LogP) is 1.74. The first-order valence-corrected chi connectivity index (χ1v) is 8.65. The first kappa shape index (κ1) is 18.2. The minimum absolute atomic E-state index is 0.0488. The number of fused-ring (bicyclic) bond motifs is 1. The summed E-state index contributed by atoms with van der Waals surface area (Å²) in [7, 11) is 0. The van der Waals surface area contributed by atoms with Gasteiger partial charge in [0.2, 0.25) is 0 Å². The normalized spacial score (nSPS) is 13.5. The third-order valence-corrected chi connectivity index (χ3v) is 4.38. The molecule has 2 amide bonds. The Labute approximate surface area is 156 Å². The van der Waals surface area contributed by atoms with Crippen molar-refractivity contribution in [2.75, 3.05) is 13.2 Å². The number of aliphatic hydroxyl groups excluding tert-OH is 1. The Hall–Kier alpha value is -2.57. The van der Waals surface area contributed by atoms with Gasteiger partial charge in [-0.15, -0.1) is 0 Å². The highest BCUT2D eigenvalue weighted by molar-refractivity contribution is 6.35. The lowest BCUT2D eigenvalue weighted by atomic mass is 10.0. The van der Waals surface area contributed by atoms with E-state index in [9.17, 15) is 14.7 Å². The second kappa shape index (κ2) is 8.21. The zero-order valence-corrected chi connectivity index (χ0v) is 14.8. The molecule has 7 heteroatoms. The number of carbonyl (C=O) groups excluding carboxylic acids is 2. The average Bonchev–Trinajstić information content (AvgIpc) is 3.12. The lowest BCUT2D eigenvalue weighted by Crippen LogP contribution is -2.41. The molecule has 0 fully saturated rings. The van der Waals surface area contributed by atoms with Crippen molar-refractivity contribution in [1.29, 1.82) is 0 Å². The highest BCUT2D eigenvalue weighted by Crippen LogP contribution is 2.27. The maximum atomic E-state index is 11.9. The summed E-state index contributed by atoms with van der Waals surface area (Å²) in [6, 6.07) is 12.4. The molecule has 2 aromatic carbocycles. The minimum atomic E-state index is -0.895. The van der Waals surface area contributed by atoms with Gasteiger partial charge in [-0.05, 0) is 41.0 Å². The molecule has 1 heterocycles. The largest absolute Gasteiger partial charge is 0.493 e. The monoisotopic (exact) mass is 374 g/mol. The average molecular weight is 375 g/mol. The number of carbonyl (C=O) groups is 2. The van der Waals surface area contributed by atoms with Crippen molar-refractivity contribution in [3.8, 4) is 5.75 Å². The number of hydrogen-bond donors (Lipinski definition) is 3. The number of hydrogen-bond acceptors (Lipinski definition) is 4. The van der Waals surface area contributed by atoms with E-state index in [0.717, 1.165) is 23.3 Å². The molecule has 1 unspecified atom stereocenters. The zero-order chi connectivity index (χ0) is 18.5. The van der Waals surface area contributed by atoms with Crippen molar-refractivity contribution in [2.24, 2.45) is 0 Å². The van der Waals surface area contributed by atoms with E-state index in [0.29, 0.717) is 17.2 Å².